The molecule has 0 aliphatic carbocycles. The van der Waals surface area contributed by atoms with Gasteiger partial charge >= 0.3 is 0 Å². The number of halogens is 1. The maximum Gasteiger partial charge on any atom is 0.242 e. The topological polar surface area (TPSA) is 78.1 Å². The molecular weight excluding hydrogens is 340 g/mol. The highest BCUT2D eigenvalue weighted by Crippen LogP contribution is 2.18. The Morgan fingerprint density at radius 2 is 2.24 bits per heavy atom. The Bertz CT molecular complexity index is 774. The molecule has 6 nitrogen and oxygen atoms in total. The highest BCUT2D eigenvalue weighted by Gasteiger charge is 2.29. The number of hydrogen-bond acceptors (Lipinski definition) is 3. The fourth-order valence-electron chi connectivity index (χ4n) is 3.32. The van der Waals surface area contributed by atoms with Crippen LogP contribution in [0.3, 0.4) is 0 Å². The Morgan fingerprint density at radius 3 is 3.04 bits per heavy atom. The van der Waals surface area contributed by atoms with Crippen LogP contribution in [0.15, 0.2) is 18.2 Å². The van der Waals surface area contributed by atoms with E-state index in [9.17, 15) is 9.59 Å². The SMILES string of the molecule is CC(=O)N1CCCC[C@H]1C(=O)NCCCc1nc2ccc(Cl)cc2[nH]1. The summed E-state index contributed by atoms with van der Waals surface area (Å²) in [5.74, 6) is 0.807. The number of amides is 2. The molecule has 1 aromatic carbocycles. The van der Waals surface area contributed by atoms with Crippen molar-refractivity contribution in [2.45, 2.75) is 45.1 Å². The molecule has 1 fully saturated rings. The van der Waals surface area contributed by atoms with Crippen molar-refractivity contribution in [3.63, 3.8) is 0 Å². The third-order valence-electron chi connectivity index (χ3n) is 4.59. The first-order chi connectivity index (χ1) is 12.0. The maximum atomic E-state index is 12.4. The number of carbonyl (C=O) groups excluding carboxylic acids is 2. The van der Waals surface area contributed by atoms with Gasteiger partial charge in [0, 0.05) is 31.5 Å². The monoisotopic (exact) mass is 362 g/mol. The molecule has 3 rings (SSSR count). The van der Waals surface area contributed by atoms with Crippen LogP contribution >= 0.6 is 11.6 Å². The summed E-state index contributed by atoms with van der Waals surface area (Å²) in [5.41, 5.74) is 1.81. The fourth-order valence-corrected chi connectivity index (χ4v) is 3.49. The van der Waals surface area contributed by atoms with Gasteiger partial charge in [-0.2, -0.15) is 0 Å². The summed E-state index contributed by atoms with van der Waals surface area (Å²) in [7, 11) is 0. The van der Waals surface area contributed by atoms with E-state index >= 15 is 0 Å². The van der Waals surface area contributed by atoms with Crippen molar-refractivity contribution >= 4 is 34.4 Å². The second kappa shape index (κ2) is 7.87. The lowest BCUT2D eigenvalue weighted by Crippen LogP contribution is -2.51. The van der Waals surface area contributed by atoms with Crippen molar-refractivity contribution < 1.29 is 9.59 Å². The minimum absolute atomic E-state index is 0.0270. The molecule has 2 N–H and O–H groups in total. The zero-order chi connectivity index (χ0) is 17.8. The van der Waals surface area contributed by atoms with E-state index in [1.807, 2.05) is 18.2 Å². The molecule has 2 aromatic rings. The minimum Gasteiger partial charge on any atom is -0.354 e. The molecule has 2 heterocycles. The van der Waals surface area contributed by atoms with Crippen molar-refractivity contribution in [3.05, 3.63) is 29.0 Å². The van der Waals surface area contributed by atoms with Crippen LogP contribution in [0, 0.1) is 0 Å². The Morgan fingerprint density at radius 1 is 1.40 bits per heavy atom. The molecule has 1 aliphatic rings. The molecule has 25 heavy (non-hydrogen) atoms. The van der Waals surface area contributed by atoms with Gasteiger partial charge in [-0.05, 0) is 43.9 Å². The molecule has 7 heteroatoms. The lowest BCUT2D eigenvalue weighted by Gasteiger charge is -2.33. The highest BCUT2D eigenvalue weighted by molar-refractivity contribution is 6.31. The van der Waals surface area contributed by atoms with Crippen molar-refractivity contribution in [1.29, 1.82) is 0 Å². The number of hydrogen-bond donors (Lipinski definition) is 2. The predicted molar refractivity (Wildman–Crippen MR) is 97.5 cm³/mol. The molecular formula is C18H23ClN4O2. The van der Waals surface area contributed by atoms with Crippen LogP contribution in [0.4, 0.5) is 0 Å². The van der Waals surface area contributed by atoms with E-state index < -0.39 is 0 Å². The van der Waals surface area contributed by atoms with Gasteiger partial charge in [-0.15, -0.1) is 0 Å². The average Bonchev–Trinajstić information content (AvgIpc) is 3.00. The summed E-state index contributed by atoms with van der Waals surface area (Å²) < 4.78 is 0. The molecule has 1 saturated heterocycles. The lowest BCUT2D eigenvalue weighted by atomic mass is 10.0. The third-order valence-corrected chi connectivity index (χ3v) is 4.83. The first kappa shape index (κ1) is 17.7. The second-order valence-corrected chi connectivity index (χ2v) is 6.90. The molecule has 0 spiro atoms. The van der Waals surface area contributed by atoms with Gasteiger partial charge in [0.2, 0.25) is 11.8 Å². The number of nitrogens with zero attached hydrogens (tertiary/aromatic N) is 2. The standard InChI is InChI=1S/C18H23ClN4O2/c1-12(24)23-10-3-2-5-16(23)18(25)20-9-4-6-17-21-14-8-7-13(19)11-15(14)22-17/h7-8,11,16H,2-6,9-10H2,1H3,(H,20,25)(H,21,22)/t16-/m0/s1. The number of aryl methyl sites for hydroxylation is 1. The number of likely N-dealkylation sites (tertiary alicyclic amines) is 1. The number of fused-ring (bicyclic) bond motifs is 1. The van der Waals surface area contributed by atoms with Crippen LogP contribution < -0.4 is 5.32 Å². The van der Waals surface area contributed by atoms with Gasteiger partial charge in [0.15, 0.2) is 0 Å². The van der Waals surface area contributed by atoms with Crippen LogP contribution in [0.1, 0.15) is 38.4 Å². The van der Waals surface area contributed by atoms with E-state index in [1.165, 1.54) is 6.92 Å². The van der Waals surface area contributed by atoms with Crippen molar-refractivity contribution in [2.24, 2.45) is 0 Å². The van der Waals surface area contributed by atoms with Crippen molar-refractivity contribution in [3.8, 4) is 0 Å². The van der Waals surface area contributed by atoms with Gasteiger partial charge in [-0.1, -0.05) is 11.6 Å². The number of imidazole rings is 1. The summed E-state index contributed by atoms with van der Waals surface area (Å²) in [6.45, 7) is 2.77. The van der Waals surface area contributed by atoms with Crippen LogP contribution in [0.5, 0.6) is 0 Å². The molecule has 1 aromatic heterocycles. The number of H-pyrrole nitrogens is 1. The quantitative estimate of drug-likeness (QED) is 0.803. The summed E-state index contributed by atoms with van der Waals surface area (Å²) in [5, 5.41) is 3.63. The van der Waals surface area contributed by atoms with Crippen LogP contribution in [-0.2, 0) is 16.0 Å². The first-order valence-corrected chi connectivity index (χ1v) is 9.11. The number of piperidine rings is 1. The van der Waals surface area contributed by atoms with Gasteiger partial charge in [-0.25, -0.2) is 4.98 Å². The molecule has 0 bridgehead atoms. The van der Waals surface area contributed by atoms with Gasteiger partial charge in [-0.3, -0.25) is 9.59 Å². The summed E-state index contributed by atoms with van der Waals surface area (Å²) in [6.07, 6.45) is 4.23. The van der Waals surface area contributed by atoms with Crippen LogP contribution in [-0.4, -0.2) is 45.8 Å². The molecule has 134 valence electrons. The van der Waals surface area contributed by atoms with Crippen molar-refractivity contribution in [1.82, 2.24) is 20.2 Å². The molecule has 2 amide bonds. The number of benzene rings is 1. The van der Waals surface area contributed by atoms with E-state index in [0.717, 1.165) is 49.0 Å². The number of rotatable bonds is 5. The third kappa shape index (κ3) is 4.31. The Balaban J connectivity index is 1.48. The Kier molecular flexibility index (Phi) is 5.58. The fraction of sp³-hybridized carbons (Fsp3) is 0.500. The van der Waals surface area contributed by atoms with E-state index in [-0.39, 0.29) is 17.9 Å². The van der Waals surface area contributed by atoms with Crippen molar-refractivity contribution in [2.75, 3.05) is 13.1 Å². The van der Waals surface area contributed by atoms with E-state index in [1.54, 1.807) is 4.90 Å². The Labute approximate surface area is 151 Å². The lowest BCUT2D eigenvalue weighted by molar-refractivity contribution is -0.140. The van der Waals surface area contributed by atoms with E-state index in [0.29, 0.717) is 18.1 Å². The van der Waals surface area contributed by atoms with Gasteiger partial charge in [0.25, 0.3) is 0 Å². The van der Waals surface area contributed by atoms with Gasteiger partial charge in [0.05, 0.1) is 11.0 Å². The molecule has 0 unspecified atom stereocenters. The largest absolute Gasteiger partial charge is 0.354 e. The predicted octanol–water partition coefficient (Wildman–Crippen LogP) is 2.67. The van der Waals surface area contributed by atoms with Gasteiger partial charge in [0.1, 0.15) is 11.9 Å². The number of nitrogens with one attached hydrogen (secondary N) is 2. The van der Waals surface area contributed by atoms with E-state index in [4.69, 9.17) is 11.6 Å². The van der Waals surface area contributed by atoms with Crippen LogP contribution in [0.2, 0.25) is 5.02 Å². The smallest absolute Gasteiger partial charge is 0.242 e. The maximum absolute atomic E-state index is 12.4. The number of aromatic nitrogens is 2. The van der Waals surface area contributed by atoms with Crippen LogP contribution in [0.25, 0.3) is 11.0 Å². The zero-order valence-electron chi connectivity index (χ0n) is 14.3. The number of carbonyl (C=O) groups is 2. The van der Waals surface area contributed by atoms with Gasteiger partial charge < -0.3 is 15.2 Å². The molecule has 1 atom stereocenters. The Hall–Kier alpha value is -2.08. The average molecular weight is 363 g/mol. The normalized spacial score (nSPS) is 17.7. The number of aromatic amines is 1. The summed E-state index contributed by atoms with van der Waals surface area (Å²) in [6, 6.07) is 5.24. The minimum atomic E-state index is -0.320. The highest BCUT2D eigenvalue weighted by atomic mass is 35.5. The zero-order valence-corrected chi connectivity index (χ0v) is 15.1. The molecule has 0 radical (unpaired) electrons. The summed E-state index contributed by atoms with van der Waals surface area (Å²) in [4.78, 5) is 33.5. The second-order valence-electron chi connectivity index (χ2n) is 6.46. The molecule has 1 aliphatic heterocycles. The first-order valence-electron chi connectivity index (χ1n) is 8.73. The molecule has 0 saturated carbocycles. The van der Waals surface area contributed by atoms with E-state index in [2.05, 4.69) is 15.3 Å². The summed E-state index contributed by atoms with van der Waals surface area (Å²) >= 11 is 5.97.